The van der Waals surface area contributed by atoms with Crippen LogP contribution in [0.3, 0.4) is 0 Å². The Bertz CT molecular complexity index is 215. The van der Waals surface area contributed by atoms with Crippen LogP contribution in [0.15, 0.2) is 0 Å². The molecule has 1 N–H and O–H groups in total. The smallest absolute Gasteiger partial charge is 0.233 e. The van der Waals surface area contributed by atoms with Crippen molar-refractivity contribution in [3.05, 3.63) is 0 Å². The summed E-state index contributed by atoms with van der Waals surface area (Å²) in [5.41, 5.74) is 0. The van der Waals surface area contributed by atoms with Gasteiger partial charge in [0.2, 0.25) is 5.91 Å². The van der Waals surface area contributed by atoms with E-state index in [0.29, 0.717) is 6.42 Å². The van der Waals surface area contributed by atoms with E-state index in [0.717, 1.165) is 18.6 Å². The maximum absolute atomic E-state index is 11.5. The van der Waals surface area contributed by atoms with E-state index < -0.39 is 0 Å². The quantitative estimate of drug-likeness (QED) is 0.693. The molecule has 2 unspecified atom stereocenters. The summed E-state index contributed by atoms with van der Waals surface area (Å²) in [6.07, 6.45) is 7.94. The summed E-state index contributed by atoms with van der Waals surface area (Å²) in [6.45, 7) is 1.94. The van der Waals surface area contributed by atoms with Crippen LogP contribution < -0.4 is 5.32 Å². The molecule has 13 heavy (non-hydrogen) atoms. The first-order valence-corrected chi connectivity index (χ1v) is 5.64. The summed E-state index contributed by atoms with van der Waals surface area (Å²) in [5, 5.41) is 3.09. The second-order valence-corrected chi connectivity index (χ2v) is 4.63. The van der Waals surface area contributed by atoms with Gasteiger partial charge in [0.05, 0.1) is 5.25 Å². The molecule has 72 valence electrons. The predicted octanol–water partition coefficient (Wildman–Crippen LogP) is 1.41. The van der Waals surface area contributed by atoms with Gasteiger partial charge in [-0.15, -0.1) is 24.1 Å². The molecule has 0 spiro atoms. The molecule has 1 amide bonds. The van der Waals surface area contributed by atoms with Crippen molar-refractivity contribution in [2.24, 2.45) is 0 Å². The van der Waals surface area contributed by atoms with Crippen LogP contribution in [0.25, 0.3) is 0 Å². The van der Waals surface area contributed by atoms with Crippen LogP contribution in [0.5, 0.6) is 0 Å². The SMILES string of the molecule is C#CCC(C)NC(=O)C1CCCS1. The molecule has 0 bridgehead atoms. The Labute approximate surface area is 83.9 Å². The average Bonchev–Trinajstić information content (AvgIpc) is 2.55. The zero-order valence-corrected chi connectivity index (χ0v) is 8.69. The Balaban J connectivity index is 2.28. The molecule has 1 saturated heterocycles. The lowest BCUT2D eigenvalue weighted by Gasteiger charge is -2.14. The van der Waals surface area contributed by atoms with E-state index in [1.54, 1.807) is 11.8 Å². The molecule has 1 fully saturated rings. The summed E-state index contributed by atoms with van der Waals surface area (Å²) < 4.78 is 0. The number of hydrogen-bond acceptors (Lipinski definition) is 2. The third-order valence-corrected chi connectivity index (χ3v) is 3.41. The van der Waals surface area contributed by atoms with Crippen LogP contribution in [0.1, 0.15) is 26.2 Å². The second-order valence-electron chi connectivity index (χ2n) is 3.32. The fraction of sp³-hybridized carbons (Fsp3) is 0.700. The normalized spacial score (nSPS) is 23.5. The highest BCUT2D eigenvalue weighted by Crippen LogP contribution is 2.26. The van der Waals surface area contributed by atoms with Gasteiger partial charge in [-0.1, -0.05) is 0 Å². The highest BCUT2D eigenvalue weighted by Gasteiger charge is 2.23. The van der Waals surface area contributed by atoms with Crippen LogP contribution in [-0.4, -0.2) is 23.0 Å². The predicted molar refractivity (Wildman–Crippen MR) is 56.5 cm³/mol. The zero-order valence-electron chi connectivity index (χ0n) is 7.88. The fourth-order valence-electron chi connectivity index (χ4n) is 1.35. The highest BCUT2D eigenvalue weighted by atomic mass is 32.2. The van der Waals surface area contributed by atoms with Crippen LogP contribution in [0, 0.1) is 12.3 Å². The molecule has 1 aliphatic rings. The van der Waals surface area contributed by atoms with E-state index in [-0.39, 0.29) is 17.2 Å². The third-order valence-electron chi connectivity index (χ3n) is 2.03. The molecule has 2 atom stereocenters. The number of nitrogens with one attached hydrogen (secondary N) is 1. The molecule has 2 nitrogen and oxygen atoms in total. The summed E-state index contributed by atoms with van der Waals surface area (Å²) in [5.74, 6) is 3.81. The molecular weight excluding hydrogens is 182 g/mol. The highest BCUT2D eigenvalue weighted by molar-refractivity contribution is 8.00. The largest absolute Gasteiger partial charge is 0.352 e. The van der Waals surface area contributed by atoms with Gasteiger partial charge >= 0.3 is 0 Å². The lowest BCUT2D eigenvalue weighted by atomic mass is 10.2. The van der Waals surface area contributed by atoms with Gasteiger partial charge in [-0.3, -0.25) is 4.79 Å². The second kappa shape index (κ2) is 5.18. The number of amides is 1. The standard InChI is InChI=1S/C10H15NOS/c1-3-5-8(2)11-10(12)9-6-4-7-13-9/h1,8-9H,4-7H2,2H3,(H,11,12). The van der Waals surface area contributed by atoms with Crippen LogP contribution in [0.4, 0.5) is 0 Å². The first kappa shape index (κ1) is 10.5. The average molecular weight is 197 g/mol. The van der Waals surface area contributed by atoms with Crippen molar-refractivity contribution in [1.82, 2.24) is 5.32 Å². The van der Waals surface area contributed by atoms with Gasteiger partial charge in [0, 0.05) is 12.5 Å². The molecule has 0 aromatic rings. The van der Waals surface area contributed by atoms with Gasteiger partial charge < -0.3 is 5.32 Å². The lowest BCUT2D eigenvalue weighted by Crippen LogP contribution is -2.37. The van der Waals surface area contributed by atoms with Crippen molar-refractivity contribution in [1.29, 1.82) is 0 Å². The minimum atomic E-state index is 0.110. The van der Waals surface area contributed by atoms with E-state index in [4.69, 9.17) is 6.42 Å². The van der Waals surface area contributed by atoms with Gasteiger partial charge in [-0.25, -0.2) is 0 Å². The van der Waals surface area contributed by atoms with Crippen molar-refractivity contribution in [2.75, 3.05) is 5.75 Å². The molecule has 1 aliphatic heterocycles. The Morgan fingerprint density at radius 2 is 2.62 bits per heavy atom. The van der Waals surface area contributed by atoms with Crippen molar-refractivity contribution in [2.45, 2.75) is 37.5 Å². The van der Waals surface area contributed by atoms with Gasteiger partial charge in [0.15, 0.2) is 0 Å². The van der Waals surface area contributed by atoms with Gasteiger partial charge in [0.25, 0.3) is 0 Å². The molecule has 0 aliphatic carbocycles. The number of carbonyl (C=O) groups excluding carboxylic acids is 1. The molecule has 0 aromatic heterocycles. The number of carbonyl (C=O) groups is 1. The maximum Gasteiger partial charge on any atom is 0.233 e. The van der Waals surface area contributed by atoms with Crippen LogP contribution in [-0.2, 0) is 4.79 Å². The Morgan fingerprint density at radius 3 is 3.15 bits per heavy atom. The van der Waals surface area contributed by atoms with E-state index in [1.807, 2.05) is 6.92 Å². The van der Waals surface area contributed by atoms with Crippen molar-refractivity contribution < 1.29 is 4.79 Å². The topological polar surface area (TPSA) is 29.1 Å². The van der Waals surface area contributed by atoms with E-state index in [9.17, 15) is 4.79 Å². The Morgan fingerprint density at radius 1 is 1.85 bits per heavy atom. The molecule has 1 rings (SSSR count). The van der Waals surface area contributed by atoms with Crippen molar-refractivity contribution >= 4 is 17.7 Å². The Kier molecular flexibility index (Phi) is 4.17. The minimum Gasteiger partial charge on any atom is -0.352 e. The van der Waals surface area contributed by atoms with Crippen molar-refractivity contribution in [3.63, 3.8) is 0 Å². The van der Waals surface area contributed by atoms with E-state index >= 15 is 0 Å². The van der Waals surface area contributed by atoms with Gasteiger partial charge in [-0.05, 0) is 25.5 Å². The zero-order chi connectivity index (χ0) is 9.68. The summed E-state index contributed by atoms with van der Waals surface area (Å²) in [6, 6.07) is 0.110. The number of terminal acetylenes is 1. The minimum absolute atomic E-state index is 0.110. The fourth-order valence-corrected chi connectivity index (χ4v) is 2.52. The molecule has 3 heteroatoms. The maximum atomic E-state index is 11.5. The van der Waals surface area contributed by atoms with E-state index in [1.165, 1.54) is 0 Å². The molecule has 1 heterocycles. The van der Waals surface area contributed by atoms with Crippen LogP contribution in [0.2, 0.25) is 0 Å². The molecule has 0 saturated carbocycles. The van der Waals surface area contributed by atoms with Crippen molar-refractivity contribution in [3.8, 4) is 12.3 Å². The third kappa shape index (κ3) is 3.31. The molecule has 0 aromatic carbocycles. The van der Waals surface area contributed by atoms with E-state index in [2.05, 4.69) is 11.2 Å². The lowest BCUT2D eigenvalue weighted by molar-refractivity contribution is -0.121. The summed E-state index contributed by atoms with van der Waals surface area (Å²) in [4.78, 5) is 11.5. The van der Waals surface area contributed by atoms with Gasteiger partial charge in [-0.2, -0.15) is 0 Å². The Hall–Kier alpha value is -0.620. The number of hydrogen-bond donors (Lipinski definition) is 1. The van der Waals surface area contributed by atoms with Crippen LogP contribution >= 0.6 is 11.8 Å². The summed E-state index contributed by atoms with van der Waals surface area (Å²) in [7, 11) is 0. The first-order chi connectivity index (χ1) is 6.24. The molecular formula is C10H15NOS. The number of rotatable bonds is 3. The summed E-state index contributed by atoms with van der Waals surface area (Å²) >= 11 is 1.75. The first-order valence-electron chi connectivity index (χ1n) is 4.59. The van der Waals surface area contributed by atoms with Gasteiger partial charge in [0.1, 0.15) is 0 Å². The number of thioether (sulfide) groups is 1. The monoisotopic (exact) mass is 197 g/mol. The molecule has 0 radical (unpaired) electrons.